The maximum Gasteiger partial charge on any atom is 0.158 e. The lowest BCUT2D eigenvalue weighted by Gasteiger charge is -2.19. The van der Waals surface area contributed by atoms with Crippen molar-refractivity contribution in [3.05, 3.63) is 0 Å². The monoisotopic (exact) mass is 190 g/mol. The second-order valence-corrected chi connectivity index (χ2v) is 4.07. The molecule has 1 atom stereocenters. The average Bonchev–Trinajstić information content (AvgIpc) is 2.34. The SMILES string of the molecule is CN=C(SC)N1CCC(C)(F)C1. The molecular weight excluding hydrogens is 175 g/mol. The van der Waals surface area contributed by atoms with Crippen LogP contribution in [-0.4, -0.2) is 42.1 Å². The third kappa shape index (κ3) is 2.12. The summed E-state index contributed by atoms with van der Waals surface area (Å²) < 4.78 is 13.4. The van der Waals surface area contributed by atoms with E-state index in [1.807, 2.05) is 11.2 Å². The van der Waals surface area contributed by atoms with Crippen molar-refractivity contribution in [1.82, 2.24) is 4.90 Å². The Bertz CT molecular complexity index is 191. The Hall–Kier alpha value is -0.250. The Morgan fingerprint density at radius 3 is 2.67 bits per heavy atom. The third-order valence-corrected chi connectivity index (χ3v) is 2.87. The van der Waals surface area contributed by atoms with E-state index in [9.17, 15) is 4.39 Å². The highest BCUT2D eigenvalue weighted by molar-refractivity contribution is 8.13. The molecule has 1 unspecified atom stereocenters. The van der Waals surface area contributed by atoms with E-state index in [1.165, 1.54) is 0 Å². The van der Waals surface area contributed by atoms with Gasteiger partial charge in [-0.2, -0.15) is 0 Å². The van der Waals surface area contributed by atoms with Crippen molar-refractivity contribution in [2.24, 2.45) is 4.99 Å². The van der Waals surface area contributed by atoms with Gasteiger partial charge in [-0.3, -0.25) is 4.99 Å². The molecule has 1 rings (SSSR count). The zero-order valence-electron chi connectivity index (χ0n) is 7.80. The van der Waals surface area contributed by atoms with E-state index in [-0.39, 0.29) is 0 Å². The first-order chi connectivity index (χ1) is 5.59. The summed E-state index contributed by atoms with van der Waals surface area (Å²) >= 11 is 1.58. The van der Waals surface area contributed by atoms with Crippen LogP contribution in [0.3, 0.4) is 0 Å². The summed E-state index contributed by atoms with van der Waals surface area (Å²) in [6.07, 6.45) is 2.59. The quantitative estimate of drug-likeness (QED) is 0.427. The van der Waals surface area contributed by atoms with Crippen molar-refractivity contribution < 1.29 is 4.39 Å². The van der Waals surface area contributed by atoms with Gasteiger partial charge in [0.15, 0.2) is 5.17 Å². The van der Waals surface area contributed by atoms with Crippen LogP contribution < -0.4 is 0 Å². The standard InChI is InChI=1S/C8H15FN2S/c1-8(9)4-5-11(6-8)7(10-2)12-3/h4-6H2,1-3H3. The topological polar surface area (TPSA) is 15.6 Å². The molecule has 4 heteroatoms. The molecule has 12 heavy (non-hydrogen) atoms. The van der Waals surface area contributed by atoms with E-state index in [2.05, 4.69) is 4.99 Å². The van der Waals surface area contributed by atoms with Gasteiger partial charge in [-0.1, -0.05) is 11.8 Å². The first kappa shape index (κ1) is 9.84. The number of alkyl halides is 1. The highest BCUT2D eigenvalue weighted by Crippen LogP contribution is 2.26. The maximum absolute atomic E-state index is 13.4. The molecule has 0 aromatic heterocycles. The summed E-state index contributed by atoms with van der Waals surface area (Å²) in [5.41, 5.74) is -1.02. The lowest BCUT2D eigenvalue weighted by Crippen LogP contribution is -2.29. The largest absolute Gasteiger partial charge is 0.348 e. The fraction of sp³-hybridized carbons (Fsp3) is 0.875. The second-order valence-electron chi connectivity index (χ2n) is 3.30. The number of thioether (sulfide) groups is 1. The van der Waals surface area contributed by atoms with Crippen molar-refractivity contribution in [3.8, 4) is 0 Å². The van der Waals surface area contributed by atoms with E-state index < -0.39 is 5.67 Å². The first-order valence-electron chi connectivity index (χ1n) is 4.04. The van der Waals surface area contributed by atoms with Crippen LogP contribution in [0, 0.1) is 0 Å². The van der Waals surface area contributed by atoms with Crippen LogP contribution in [-0.2, 0) is 0 Å². The molecule has 0 saturated carbocycles. The van der Waals surface area contributed by atoms with Crippen LogP contribution >= 0.6 is 11.8 Å². The van der Waals surface area contributed by atoms with Gasteiger partial charge in [0.2, 0.25) is 0 Å². The lowest BCUT2D eigenvalue weighted by molar-refractivity contribution is 0.207. The van der Waals surface area contributed by atoms with Gasteiger partial charge >= 0.3 is 0 Å². The van der Waals surface area contributed by atoms with Gasteiger partial charge in [-0.15, -0.1) is 0 Å². The number of rotatable bonds is 0. The van der Waals surface area contributed by atoms with Gasteiger partial charge < -0.3 is 4.90 Å². The molecule has 0 aromatic rings. The number of hydrogen-bond acceptors (Lipinski definition) is 2. The molecule has 1 aliphatic rings. The Labute approximate surface area is 77.2 Å². The van der Waals surface area contributed by atoms with E-state index in [4.69, 9.17) is 0 Å². The Kier molecular flexibility index (Phi) is 2.99. The predicted octanol–water partition coefficient (Wildman–Crippen LogP) is 1.77. The fourth-order valence-corrected chi connectivity index (χ4v) is 2.05. The van der Waals surface area contributed by atoms with Crippen LogP contribution in [0.4, 0.5) is 4.39 Å². The number of nitrogens with zero attached hydrogens (tertiary/aromatic N) is 2. The smallest absolute Gasteiger partial charge is 0.158 e. The summed E-state index contributed by atoms with van der Waals surface area (Å²) in [5.74, 6) is 0. The van der Waals surface area contributed by atoms with Crippen LogP contribution in [0.2, 0.25) is 0 Å². The zero-order valence-corrected chi connectivity index (χ0v) is 8.62. The zero-order chi connectivity index (χ0) is 9.19. The molecule has 1 fully saturated rings. The van der Waals surface area contributed by atoms with E-state index in [0.29, 0.717) is 13.0 Å². The van der Waals surface area contributed by atoms with Crippen LogP contribution in [0.5, 0.6) is 0 Å². The van der Waals surface area contributed by atoms with Gasteiger partial charge in [0, 0.05) is 20.0 Å². The van der Waals surface area contributed by atoms with Crippen molar-refractivity contribution in [3.63, 3.8) is 0 Å². The fourth-order valence-electron chi connectivity index (χ4n) is 1.45. The minimum atomic E-state index is -1.02. The Balaban J connectivity index is 2.57. The van der Waals surface area contributed by atoms with Gasteiger partial charge in [-0.05, 0) is 13.2 Å². The van der Waals surface area contributed by atoms with Gasteiger partial charge in [-0.25, -0.2) is 4.39 Å². The Morgan fingerprint density at radius 1 is 1.67 bits per heavy atom. The lowest BCUT2D eigenvalue weighted by atomic mass is 10.1. The van der Waals surface area contributed by atoms with Crippen molar-refractivity contribution in [2.45, 2.75) is 19.0 Å². The molecule has 70 valence electrons. The summed E-state index contributed by atoms with van der Waals surface area (Å²) in [6.45, 7) is 2.93. The van der Waals surface area contributed by atoms with E-state index >= 15 is 0 Å². The number of aliphatic imine (C=N–C) groups is 1. The normalized spacial score (nSPS) is 31.3. The Morgan fingerprint density at radius 2 is 2.33 bits per heavy atom. The molecular formula is C8H15FN2S. The van der Waals surface area contributed by atoms with Gasteiger partial charge in [0.1, 0.15) is 5.67 Å². The average molecular weight is 190 g/mol. The third-order valence-electron chi connectivity index (χ3n) is 2.07. The number of amidine groups is 1. The molecule has 0 N–H and O–H groups in total. The summed E-state index contributed by atoms with van der Waals surface area (Å²) in [5, 5.41) is 0.941. The van der Waals surface area contributed by atoms with Crippen LogP contribution in [0.15, 0.2) is 4.99 Å². The summed E-state index contributed by atoms with van der Waals surface area (Å²) in [7, 11) is 1.75. The van der Waals surface area contributed by atoms with Crippen LogP contribution in [0.1, 0.15) is 13.3 Å². The molecule has 1 heterocycles. The van der Waals surface area contributed by atoms with E-state index in [0.717, 1.165) is 11.7 Å². The number of halogens is 1. The van der Waals surface area contributed by atoms with Crippen molar-refractivity contribution >= 4 is 16.9 Å². The van der Waals surface area contributed by atoms with E-state index in [1.54, 1.807) is 25.7 Å². The molecule has 1 saturated heterocycles. The molecule has 0 bridgehead atoms. The van der Waals surface area contributed by atoms with Gasteiger partial charge in [0.05, 0.1) is 6.54 Å². The minimum absolute atomic E-state index is 0.487. The van der Waals surface area contributed by atoms with Crippen molar-refractivity contribution in [1.29, 1.82) is 0 Å². The molecule has 0 spiro atoms. The predicted molar refractivity (Wildman–Crippen MR) is 52.6 cm³/mol. The highest BCUT2D eigenvalue weighted by Gasteiger charge is 2.34. The molecule has 0 aliphatic carbocycles. The molecule has 0 aromatic carbocycles. The van der Waals surface area contributed by atoms with Crippen LogP contribution in [0.25, 0.3) is 0 Å². The first-order valence-corrected chi connectivity index (χ1v) is 5.26. The second kappa shape index (κ2) is 3.64. The number of likely N-dealkylation sites (tertiary alicyclic amines) is 1. The van der Waals surface area contributed by atoms with Crippen molar-refractivity contribution in [2.75, 3.05) is 26.4 Å². The minimum Gasteiger partial charge on any atom is -0.348 e. The molecule has 0 radical (unpaired) electrons. The summed E-state index contributed by atoms with van der Waals surface area (Å²) in [6, 6.07) is 0. The maximum atomic E-state index is 13.4. The number of hydrogen-bond donors (Lipinski definition) is 0. The van der Waals surface area contributed by atoms with Gasteiger partial charge in [0.25, 0.3) is 0 Å². The molecule has 0 amide bonds. The summed E-state index contributed by atoms with van der Waals surface area (Å²) in [4.78, 5) is 6.10. The highest BCUT2D eigenvalue weighted by atomic mass is 32.2. The molecule has 1 aliphatic heterocycles. The molecule has 2 nitrogen and oxygen atoms in total.